The number of pyridine rings is 1. The quantitative estimate of drug-likeness (QED) is 0.122. The molecule has 0 unspecified atom stereocenters. The number of carbonyl (C=O) groups excluding carboxylic acids is 1. The predicted octanol–water partition coefficient (Wildman–Crippen LogP) is 3.42. The molecule has 6 aromatic rings. The average Bonchev–Trinajstić information content (AvgIpc) is 4.03. The zero-order valence-corrected chi connectivity index (χ0v) is 31.1. The topological polar surface area (TPSA) is 197 Å². The number of anilines is 2. The second-order valence-corrected chi connectivity index (χ2v) is 13.8. The number of nitrogens with one attached hydrogen (secondary N) is 3. The second-order valence-electron chi connectivity index (χ2n) is 13.8. The van der Waals surface area contributed by atoms with Crippen LogP contribution in [0.25, 0.3) is 11.2 Å². The Morgan fingerprint density at radius 2 is 1.65 bits per heavy atom. The number of urea groups is 1. The number of aliphatic hydroxyl groups is 2. The van der Waals surface area contributed by atoms with Gasteiger partial charge >= 0.3 is 6.03 Å². The molecule has 1 aliphatic heterocycles. The van der Waals surface area contributed by atoms with Gasteiger partial charge in [0, 0.05) is 57.0 Å². The minimum Gasteiger partial charge on any atom is -0.388 e. The van der Waals surface area contributed by atoms with Gasteiger partial charge in [-0.1, -0.05) is 67.6 Å². The average molecular weight is 766 g/mol. The van der Waals surface area contributed by atoms with Crippen LogP contribution in [0.3, 0.4) is 0 Å². The molecule has 2 fully saturated rings. The van der Waals surface area contributed by atoms with Crippen LogP contribution in [-0.2, 0) is 13.0 Å². The molecule has 55 heavy (non-hydrogen) atoms. The van der Waals surface area contributed by atoms with Crippen molar-refractivity contribution in [2.24, 2.45) is 0 Å². The monoisotopic (exact) mass is 765 g/mol. The van der Waals surface area contributed by atoms with Crippen LogP contribution < -0.4 is 20.9 Å². The lowest BCUT2D eigenvalue weighted by Crippen LogP contribution is -2.43. The lowest BCUT2D eigenvalue weighted by molar-refractivity contribution is 0.00473. The summed E-state index contributed by atoms with van der Waals surface area (Å²) < 4.78 is 1.82. The number of amides is 2. The molecule has 0 bridgehead atoms. The van der Waals surface area contributed by atoms with Gasteiger partial charge in [-0.05, 0) is 46.9 Å². The standard InChI is InChI=1S/C38H43N13O3.ClH/c1-2-31-46-48-51(47-31)30-19-29(33(52)34(30)53)50-23-42-32-35(40-21-28(25-9-5-3-6-10-25)26-11-7-4-8-12-26)44-37(45-36(32)50)49-18-15-27(22-49)43-38(54)41-20-24-13-16-39-17-14-24;/h3-14,16-17,23,27-30,33-34,52-53H,2,15,18-22H2,1H3,(H,40,44,45)(H2,41,43,54);1H/t27-,29-,30+,33+,34-;/m1./s1. The van der Waals surface area contributed by atoms with Crippen molar-refractivity contribution in [1.82, 2.24) is 55.3 Å². The van der Waals surface area contributed by atoms with E-state index in [1.807, 2.05) is 60.0 Å². The second kappa shape index (κ2) is 16.8. The zero-order valence-electron chi connectivity index (χ0n) is 30.3. The summed E-state index contributed by atoms with van der Waals surface area (Å²) in [5.41, 5.74) is 4.33. The first kappa shape index (κ1) is 37.6. The SMILES string of the molecule is CCc1nnn([C@H]2C[C@@H](n3cnc4c(NCC(c5ccccc5)c5ccccc5)nc(N5CC[C@@H](NC(=O)NCc6ccncc6)C5)nc43)[C@H](O)[C@@H]2O)n1.Cl. The van der Waals surface area contributed by atoms with Gasteiger partial charge < -0.3 is 35.6 Å². The van der Waals surface area contributed by atoms with Crippen molar-refractivity contribution in [1.29, 1.82) is 0 Å². The third kappa shape index (κ3) is 8.06. The fraction of sp³-hybridized carbons (Fsp3) is 0.368. The molecule has 0 radical (unpaired) electrons. The van der Waals surface area contributed by atoms with E-state index in [1.54, 1.807) is 18.7 Å². The first-order chi connectivity index (χ1) is 26.4. The lowest BCUT2D eigenvalue weighted by Gasteiger charge is -2.22. The predicted molar refractivity (Wildman–Crippen MR) is 208 cm³/mol. The maximum absolute atomic E-state index is 12.8. The van der Waals surface area contributed by atoms with Crippen LogP contribution in [0.2, 0.25) is 0 Å². The van der Waals surface area contributed by atoms with E-state index in [0.29, 0.717) is 74.2 Å². The number of halogens is 1. The van der Waals surface area contributed by atoms with Crippen molar-refractivity contribution in [3.63, 3.8) is 0 Å². The minimum atomic E-state index is -1.13. The lowest BCUT2D eigenvalue weighted by atomic mass is 9.91. The van der Waals surface area contributed by atoms with E-state index in [0.717, 1.165) is 16.7 Å². The van der Waals surface area contributed by atoms with Gasteiger partial charge in [0.15, 0.2) is 22.8 Å². The summed E-state index contributed by atoms with van der Waals surface area (Å²) in [6.45, 7) is 3.98. The van der Waals surface area contributed by atoms with Crippen molar-refractivity contribution < 1.29 is 15.0 Å². The number of benzene rings is 2. The van der Waals surface area contributed by atoms with Crippen LogP contribution in [-0.4, -0.2) is 98.8 Å². The molecule has 2 aliphatic rings. The molecular formula is C38H44ClN13O3. The molecule has 286 valence electrons. The highest BCUT2D eigenvalue weighted by Gasteiger charge is 2.45. The Kier molecular flexibility index (Phi) is 11.5. The minimum absolute atomic E-state index is 0. The Morgan fingerprint density at radius 1 is 0.945 bits per heavy atom. The first-order valence-electron chi connectivity index (χ1n) is 18.4. The Labute approximate surface area is 323 Å². The van der Waals surface area contributed by atoms with E-state index in [9.17, 15) is 15.0 Å². The molecule has 2 amide bonds. The Balaban J connectivity index is 0.00000465. The fourth-order valence-corrected chi connectivity index (χ4v) is 7.42. The normalized spacial score (nSPS) is 20.8. The third-order valence-corrected chi connectivity index (χ3v) is 10.4. The number of aliphatic hydroxyl groups excluding tert-OH is 2. The van der Waals surface area contributed by atoms with Crippen LogP contribution in [0.15, 0.2) is 91.5 Å². The number of rotatable bonds is 12. The van der Waals surface area contributed by atoms with E-state index in [2.05, 4.69) is 65.5 Å². The molecule has 0 spiro atoms. The highest BCUT2D eigenvalue weighted by molar-refractivity contribution is 5.85. The summed E-state index contributed by atoms with van der Waals surface area (Å²) in [6.07, 6.45) is 4.43. The van der Waals surface area contributed by atoms with Crippen molar-refractivity contribution in [3.8, 4) is 0 Å². The van der Waals surface area contributed by atoms with Gasteiger partial charge in [-0.15, -0.1) is 22.6 Å². The summed E-state index contributed by atoms with van der Waals surface area (Å²) in [5.74, 6) is 1.60. The summed E-state index contributed by atoms with van der Waals surface area (Å²) in [6, 6.07) is 22.9. The molecule has 1 saturated carbocycles. The number of carbonyl (C=O) groups is 1. The van der Waals surface area contributed by atoms with Crippen LogP contribution in [0.4, 0.5) is 16.6 Å². The van der Waals surface area contributed by atoms with E-state index in [1.165, 1.54) is 4.80 Å². The number of aryl methyl sites for hydroxylation is 1. The highest BCUT2D eigenvalue weighted by atomic mass is 35.5. The number of imidazole rings is 1. The maximum Gasteiger partial charge on any atom is 0.315 e. The number of tetrazole rings is 1. The van der Waals surface area contributed by atoms with Crippen LogP contribution in [0.1, 0.15) is 60.3 Å². The molecule has 1 saturated heterocycles. The molecule has 2 aromatic carbocycles. The van der Waals surface area contributed by atoms with E-state index >= 15 is 0 Å². The smallest absolute Gasteiger partial charge is 0.315 e. The van der Waals surface area contributed by atoms with E-state index in [4.69, 9.17) is 15.0 Å². The van der Waals surface area contributed by atoms with Gasteiger partial charge in [0.2, 0.25) is 5.95 Å². The van der Waals surface area contributed by atoms with Gasteiger partial charge in [-0.25, -0.2) is 9.78 Å². The number of fused-ring (bicyclic) bond motifs is 1. The van der Waals surface area contributed by atoms with Gasteiger partial charge in [0.25, 0.3) is 0 Å². The van der Waals surface area contributed by atoms with Crippen LogP contribution >= 0.6 is 12.4 Å². The van der Waals surface area contributed by atoms with Gasteiger partial charge in [0.1, 0.15) is 18.2 Å². The maximum atomic E-state index is 12.8. The van der Waals surface area contributed by atoms with Crippen LogP contribution in [0.5, 0.6) is 0 Å². The fourth-order valence-electron chi connectivity index (χ4n) is 7.42. The van der Waals surface area contributed by atoms with Crippen molar-refractivity contribution in [2.75, 3.05) is 29.9 Å². The summed E-state index contributed by atoms with van der Waals surface area (Å²) in [4.78, 5) is 35.1. The Hall–Kier alpha value is -5.71. The molecule has 4 aromatic heterocycles. The zero-order chi connectivity index (χ0) is 37.0. The largest absolute Gasteiger partial charge is 0.388 e. The van der Waals surface area contributed by atoms with E-state index < -0.39 is 24.3 Å². The number of hydrogen-bond donors (Lipinski definition) is 5. The molecule has 17 heteroatoms. The van der Waals surface area contributed by atoms with Gasteiger partial charge in [-0.3, -0.25) is 4.98 Å². The van der Waals surface area contributed by atoms with E-state index in [-0.39, 0.29) is 30.4 Å². The highest BCUT2D eigenvalue weighted by Crippen LogP contribution is 2.40. The molecule has 8 rings (SSSR count). The molecule has 5 N–H and O–H groups in total. The summed E-state index contributed by atoms with van der Waals surface area (Å²) >= 11 is 0. The Bertz CT molecular complexity index is 2130. The molecular weight excluding hydrogens is 722 g/mol. The summed E-state index contributed by atoms with van der Waals surface area (Å²) in [5, 5.41) is 44.8. The van der Waals surface area contributed by atoms with Crippen molar-refractivity contribution in [2.45, 2.75) is 69.0 Å². The summed E-state index contributed by atoms with van der Waals surface area (Å²) in [7, 11) is 0. The van der Waals surface area contributed by atoms with Gasteiger partial charge in [-0.2, -0.15) is 14.8 Å². The van der Waals surface area contributed by atoms with Crippen molar-refractivity contribution >= 4 is 41.4 Å². The van der Waals surface area contributed by atoms with Gasteiger partial charge in [0.05, 0.1) is 12.4 Å². The number of aromatic nitrogens is 9. The van der Waals surface area contributed by atoms with Crippen molar-refractivity contribution in [3.05, 3.63) is 114 Å². The third-order valence-electron chi connectivity index (χ3n) is 10.4. The van der Waals surface area contributed by atoms with Crippen LogP contribution in [0, 0.1) is 0 Å². The number of hydrogen-bond acceptors (Lipinski definition) is 12. The molecule has 16 nitrogen and oxygen atoms in total. The molecule has 5 atom stereocenters. The number of nitrogens with zero attached hydrogens (tertiary/aromatic N) is 10. The Morgan fingerprint density at radius 3 is 2.35 bits per heavy atom. The molecule has 1 aliphatic carbocycles. The molecule has 5 heterocycles. The first-order valence-corrected chi connectivity index (χ1v) is 18.4.